The van der Waals surface area contributed by atoms with Gasteiger partial charge in [-0.05, 0) is 13.8 Å². The largest absolute Gasteiger partial charge is 0.481 e. The van der Waals surface area contributed by atoms with Crippen molar-refractivity contribution < 1.29 is 29.0 Å². The third kappa shape index (κ3) is 5.14. The SMILES string of the molecule is C=C(C)C(=O)OC(C)C(CC(=O)O)C(=O)OC. The summed E-state index contributed by atoms with van der Waals surface area (Å²) < 4.78 is 9.36. The van der Waals surface area contributed by atoms with Crippen molar-refractivity contribution in [3.05, 3.63) is 12.2 Å². The second-order valence-corrected chi connectivity index (χ2v) is 3.62. The van der Waals surface area contributed by atoms with Crippen molar-refractivity contribution in [2.45, 2.75) is 26.4 Å². The van der Waals surface area contributed by atoms with Gasteiger partial charge in [0.05, 0.1) is 13.5 Å². The Morgan fingerprint density at radius 2 is 1.88 bits per heavy atom. The van der Waals surface area contributed by atoms with E-state index < -0.39 is 36.4 Å². The average molecular weight is 244 g/mol. The normalized spacial score (nSPS) is 13.4. The van der Waals surface area contributed by atoms with Crippen LogP contribution in [0.15, 0.2) is 12.2 Å². The summed E-state index contributed by atoms with van der Waals surface area (Å²) in [6.07, 6.45) is -1.35. The summed E-state index contributed by atoms with van der Waals surface area (Å²) in [6.45, 7) is 6.28. The van der Waals surface area contributed by atoms with Gasteiger partial charge in [-0.15, -0.1) is 0 Å². The van der Waals surface area contributed by atoms with Gasteiger partial charge in [0.1, 0.15) is 12.0 Å². The van der Waals surface area contributed by atoms with E-state index in [2.05, 4.69) is 11.3 Å². The molecule has 2 atom stereocenters. The molecule has 6 nitrogen and oxygen atoms in total. The van der Waals surface area contributed by atoms with Gasteiger partial charge < -0.3 is 14.6 Å². The molecule has 0 spiro atoms. The lowest BCUT2D eigenvalue weighted by Crippen LogP contribution is -2.33. The van der Waals surface area contributed by atoms with Crippen LogP contribution in [0.4, 0.5) is 0 Å². The Morgan fingerprint density at radius 1 is 1.35 bits per heavy atom. The van der Waals surface area contributed by atoms with E-state index in [1.54, 1.807) is 0 Å². The topological polar surface area (TPSA) is 89.9 Å². The first-order valence-corrected chi connectivity index (χ1v) is 4.95. The molecule has 0 bridgehead atoms. The van der Waals surface area contributed by atoms with Crippen LogP contribution < -0.4 is 0 Å². The molecular weight excluding hydrogens is 228 g/mol. The van der Waals surface area contributed by atoms with Crippen molar-refractivity contribution in [3.8, 4) is 0 Å². The van der Waals surface area contributed by atoms with E-state index in [0.29, 0.717) is 0 Å². The zero-order valence-corrected chi connectivity index (χ0v) is 10.1. The van der Waals surface area contributed by atoms with Crippen molar-refractivity contribution in [2.24, 2.45) is 5.92 Å². The molecule has 0 radical (unpaired) electrons. The molecule has 1 N–H and O–H groups in total. The molecule has 0 amide bonds. The van der Waals surface area contributed by atoms with Crippen LogP contribution in [0.2, 0.25) is 0 Å². The third-order valence-electron chi connectivity index (χ3n) is 2.11. The summed E-state index contributed by atoms with van der Waals surface area (Å²) in [4.78, 5) is 33.2. The summed E-state index contributed by atoms with van der Waals surface area (Å²) in [5.74, 6) is -3.59. The lowest BCUT2D eigenvalue weighted by atomic mass is 10.00. The molecule has 0 aliphatic heterocycles. The van der Waals surface area contributed by atoms with Crippen LogP contribution in [0.5, 0.6) is 0 Å². The zero-order valence-electron chi connectivity index (χ0n) is 10.1. The van der Waals surface area contributed by atoms with Gasteiger partial charge in [0.25, 0.3) is 0 Å². The first-order chi connectivity index (χ1) is 7.79. The van der Waals surface area contributed by atoms with Crippen LogP contribution in [-0.2, 0) is 23.9 Å². The van der Waals surface area contributed by atoms with Crippen LogP contribution in [0.3, 0.4) is 0 Å². The van der Waals surface area contributed by atoms with Crippen LogP contribution in [0.25, 0.3) is 0 Å². The number of methoxy groups -OCH3 is 1. The molecule has 0 aliphatic carbocycles. The second kappa shape index (κ2) is 6.67. The third-order valence-corrected chi connectivity index (χ3v) is 2.11. The van der Waals surface area contributed by atoms with Gasteiger partial charge in [-0.25, -0.2) is 4.79 Å². The number of carboxylic acid groups (broad SMARTS) is 1. The highest BCUT2D eigenvalue weighted by Gasteiger charge is 2.31. The summed E-state index contributed by atoms with van der Waals surface area (Å²) in [6, 6.07) is 0. The number of ether oxygens (including phenoxy) is 2. The Kier molecular flexibility index (Phi) is 5.95. The summed E-state index contributed by atoms with van der Waals surface area (Å²) >= 11 is 0. The Bertz CT molecular complexity index is 333. The maximum absolute atomic E-state index is 11.3. The Hall–Kier alpha value is -1.85. The van der Waals surface area contributed by atoms with E-state index in [-0.39, 0.29) is 5.57 Å². The van der Waals surface area contributed by atoms with Crippen molar-refractivity contribution in [2.75, 3.05) is 7.11 Å². The molecule has 96 valence electrons. The monoisotopic (exact) mass is 244 g/mol. The van der Waals surface area contributed by atoms with E-state index in [0.717, 1.165) is 7.11 Å². The molecule has 0 aliphatic rings. The number of hydrogen-bond donors (Lipinski definition) is 1. The van der Waals surface area contributed by atoms with Gasteiger partial charge in [0, 0.05) is 5.57 Å². The summed E-state index contributed by atoms with van der Waals surface area (Å²) in [5, 5.41) is 8.65. The average Bonchev–Trinajstić information content (AvgIpc) is 2.24. The lowest BCUT2D eigenvalue weighted by molar-refractivity contribution is -0.161. The van der Waals surface area contributed by atoms with E-state index >= 15 is 0 Å². The Morgan fingerprint density at radius 3 is 2.24 bits per heavy atom. The van der Waals surface area contributed by atoms with Gasteiger partial charge in [-0.1, -0.05) is 6.58 Å². The first-order valence-electron chi connectivity index (χ1n) is 4.95. The lowest BCUT2D eigenvalue weighted by Gasteiger charge is -2.20. The molecule has 2 unspecified atom stereocenters. The highest BCUT2D eigenvalue weighted by molar-refractivity contribution is 5.87. The number of rotatable bonds is 6. The summed E-state index contributed by atoms with van der Waals surface area (Å²) in [5.41, 5.74) is 0.177. The summed E-state index contributed by atoms with van der Waals surface area (Å²) in [7, 11) is 1.14. The molecule has 17 heavy (non-hydrogen) atoms. The maximum atomic E-state index is 11.3. The minimum Gasteiger partial charge on any atom is -0.481 e. The molecule has 0 aromatic heterocycles. The number of esters is 2. The molecular formula is C11H16O6. The number of carboxylic acids is 1. The quantitative estimate of drug-likeness (QED) is 0.548. The van der Waals surface area contributed by atoms with Gasteiger partial charge in [0.2, 0.25) is 0 Å². The van der Waals surface area contributed by atoms with Gasteiger partial charge in [-0.3, -0.25) is 9.59 Å². The van der Waals surface area contributed by atoms with Gasteiger partial charge in [0.15, 0.2) is 0 Å². The van der Waals surface area contributed by atoms with Gasteiger partial charge >= 0.3 is 17.9 Å². The predicted molar refractivity (Wildman–Crippen MR) is 58.1 cm³/mol. The second-order valence-electron chi connectivity index (χ2n) is 3.62. The van der Waals surface area contributed by atoms with Crippen molar-refractivity contribution in [3.63, 3.8) is 0 Å². The van der Waals surface area contributed by atoms with Crippen LogP contribution in [-0.4, -0.2) is 36.2 Å². The first kappa shape index (κ1) is 15.2. The molecule has 0 saturated carbocycles. The van der Waals surface area contributed by atoms with Crippen LogP contribution in [0, 0.1) is 5.92 Å². The van der Waals surface area contributed by atoms with E-state index in [1.807, 2.05) is 0 Å². The molecule has 0 fully saturated rings. The smallest absolute Gasteiger partial charge is 0.333 e. The van der Waals surface area contributed by atoms with E-state index in [1.165, 1.54) is 13.8 Å². The highest BCUT2D eigenvalue weighted by Crippen LogP contribution is 2.15. The number of aliphatic carboxylic acids is 1. The molecule has 0 rings (SSSR count). The maximum Gasteiger partial charge on any atom is 0.333 e. The Balaban J connectivity index is 4.68. The van der Waals surface area contributed by atoms with Crippen LogP contribution >= 0.6 is 0 Å². The molecule has 0 heterocycles. The standard InChI is InChI=1S/C11H16O6/c1-6(2)10(14)17-7(3)8(5-9(12)13)11(15)16-4/h7-8H,1,5H2,2-4H3,(H,12,13). The van der Waals surface area contributed by atoms with E-state index in [4.69, 9.17) is 9.84 Å². The molecule has 0 aromatic rings. The minimum atomic E-state index is -1.17. The Labute approximate surface area is 99.2 Å². The van der Waals surface area contributed by atoms with Crippen molar-refractivity contribution in [1.29, 1.82) is 0 Å². The fourth-order valence-electron chi connectivity index (χ4n) is 1.13. The fourth-order valence-corrected chi connectivity index (χ4v) is 1.13. The molecule has 0 aromatic carbocycles. The van der Waals surface area contributed by atoms with Crippen LogP contribution in [0.1, 0.15) is 20.3 Å². The van der Waals surface area contributed by atoms with Crippen molar-refractivity contribution in [1.82, 2.24) is 0 Å². The number of hydrogen-bond acceptors (Lipinski definition) is 5. The molecule has 6 heteroatoms. The zero-order chi connectivity index (χ0) is 13.6. The molecule has 0 saturated heterocycles. The number of carbonyl (C=O) groups excluding carboxylic acids is 2. The van der Waals surface area contributed by atoms with Crippen molar-refractivity contribution >= 4 is 17.9 Å². The van der Waals surface area contributed by atoms with E-state index in [9.17, 15) is 14.4 Å². The van der Waals surface area contributed by atoms with Gasteiger partial charge in [-0.2, -0.15) is 0 Å². The fraction of sp³-hybridized carbons (Fsp3) is 0.545. The predicted octanol–water partition coefficient (Wildman–Crippen LogP) is 0.758. The minimum absolute atomic E-state index is 0.177. The highest BCUT2D eigenvalue weighted by atomic mass is 16.6. The number of carbonyl (C=O) groups is 3.